The van der Waals surface area contributed by atoms with E-state index in [1.807, 2.05) is 6.07 Å². The van der Waals surface area contributed by atoms with Crippen molar-refractivity contribution in [2.75, 3.05) is 6.26 Å². The third-order valence-corrected chi connectivity index (χ3v) is 4.95. The molecular formula is C18H11F3N2O3S. The van der Waals surface area contributed by atoms with Crippen molar-refractivity contribution in [1.29, 1.82) is 5.26 Å². The van der Waals surface area contributed by atoms with Gasteiger partial charge in [-0.3, -0.25) is 0 Å². The predicted molar refractivity (Wildman–Crippen MR) is 89.9 cm³/mol. The summed E-state index contributed by atoms with van der Waals surface area (Å²) in [5.41, 5.74) is 0.0715. The van der Waals surface area contributed by atoms with Crippen LogP contribution in [0.25, 0.3) is 22.4 Å². The summed E-state index contributed by atoms with van der Waals surface area (Å²) in [4.78, 5) is -0.810. The molecule has 0 fully saturated rings. The van der Waals surface area contributed by atoms with Gasteiger partial charge in [0.15, 0.2) is 22.3 Å². The largest absolute Gasteiger partial charge is 0.357 e. The quantitative estimate of drug-likeness (QED) is 0.669. The summed E-state index contributed by atoms with van der Waals surface area (Å²) in [5, 5.41) is 12.7. The van der Waals surface area contributed by atoms with Crippen LogP contribution in [0.2, 0.25) is 0 Å². The molecule has 0 unspecified atom stereocenters. The molecule has 5 nitrogen and oxygen atoms in total. The highest BCUT2D eigenvalue weighted by Crippen LogP contribution is 2.38. The second-order valence-corrected chi connectivity index (χ2v) is 7.67. The summed E-state index contributed by atoms with van der Waals surface area (Å²) in [6.07, 6.45) is 0.746. The zero-order chi connectivity index (χ0) is 19.8. The van der Waals surface area contributed by atoms with E-state index in [9.17, 15) is 21.6 Å². The third kappa shape index (κ3) is 3.44. The highest BCUT2D eigenvalue weighted by atomic mass is 32.2. The van der Waals surface area contributed by atoms with Gasteiger partial charge in [0.25, 0.3) is 0 Å². The molecule has 138 valence electrons. The fourth-order valence-electron chi connectivity index (χ4n) is 2.63. The van der Waals surface area contributed by atoms with Crippen LogP contribution < -0.4 is 0 Å². The summed E-state index contributed by atoms with van der Waals surface area (Å²) < 4.78 is 70.2. The van der Waals surface area contributed by atoms with Crippen LogP contribution in [-0.4, -0.2) is 19.8 Å². The molecule has 0 bridgehead atoms. The molecule has 27 heavy (non-hydrogen) atoms. The summed E-state index contributed by atoms with van der Waals surface area (Å²) in [5.74, 6) is -2.61. The van der Waals surface area contributed by atoms with Crippen LogP contribution in [0.15, 0.2) is 45.8 Å². The second kappa shape index (κ2) is 6.89. The maximum absolute atomic E-state index is 14.6. The average Bonchev–Trinajstić information content (AvgIpc) is 3.06. The van der Waals surface area contributed by atoms with Gasteiger partial charge >= 0.3 is 0 Å². The standard InChI is InChI=1S/C18H11F3N2O3S/c1-27(24,25)16-7-13(20)12(6-14(16)21)17-15(8-19)26-23-18(17)11-4-2-3-10(5-11)9-22/h2-7H,8H2,1H3. The Morgan fingerprint density at radius 1 is 1.19 bits per heavy atom. The smallest absolute Gasteiger partial charge is 0.178 e. The summed E-state index contributed by atoms with van der Waals surface area (Å²) in [6.45, 7) is -1.14. The van der Waals surface area contributed by atoms with Crippen LogP contribution in [0.5, 0.6) is 0 Å². The molecular weight excluding hydrogens is 381 g/mol. The van der Waals surface area contributed by atoms with Crippen molar-refractivity contribution in [2.24, 2.45) is 0 Å². The van der Waals surface area contributed by atoms with Crippen molar-refractivity contribution in [3.63, 3.8) is 0 Å². The zero-order valence-corrected chi connectivity index (χ0v) is 14.6. The van der Waals surface area contributed by atoms with E-state index in [2.05, 4.69) is 5.16 Å². The summed E-state index contributed by atoms with van der Waals surface area (Å²) in [6, 6.07) is 9.18. The highest BCUT2D eigenvalue weighted by Gasteiger charge is 2.25. The van der Waals surface area contributed by atoms with Crippen molar-refractivity contribution in [2.45, 2.75) is 11.6 Å². The Morgan fingerprint density at radius 2 is 1.93 bits per heavy atom. The first-order chi connectivity index (χ1) is 12.8. The van der Waals surface area contributed by atoms with Crippen LogP contribution in [0.1, 0.15) is 11.3 Å². The van der Waals surface area contributed by atoms with E-state index in [1.165, 1.54) is 12.1 Å². The van der Waals surface area contributed by atoms with Crippen LogP contribution in [0, 0.1) is 23.0 Å². The summed E-state index contributed by atoms with van der Waals surface area (Å²) >= 11 is 0. The number of rotatable bonds is 4. The molecule has 0 aliphatic heterocycles. The molecule has 0 atom stereocenters. The normalized spacial score (nSPS) is 11.4. The molecule has 0 aliphatic rings. The van der Waals surface area contributed by atoms with Gasteiger partial charge in [0.05, 0.1) is 17.2 Å². The van der Waals surface area contributed by atoms with E-state index in [0.717, 1.165) is 6.26 Å². The van der Waals surface area contributed by atoms with Crippen molar-refractivity contribution >= 4 is 9.84 Å². The molecule has 0 radical (unpaired) electrons. The number of alkyl halides is 1. The number of halogens is 3. The van der Waals surface area contributed by atoms with Gasteiger partial charge in [-0.2, -0.15) is 5.26 Å². The van der Waals surface area contributed by atoms with Gasteiger partial charge in [0.2, 0.25) is 0 Å². The van der Waals surface area contributed by atoms with Gasteiger partial charge in [0, 0.05) is 17.4 Å². The molecule has 9 heteroatoms. The first-order valence-electron chi connectivity index (χ1n) is 7.50. The monoisotopic (exact) mass is 392 g/mol. The molecule has 0 aliphatic carbocycles. The molecule has 1 heterocycles. The van der Waals surface area contributed by atoms with Gasteiger partial charge < -0.3 is 4.52 Å². The Balaban J connectivity index is 2.28. The second-order valence-electron chi connectivity index (χ2n) is 5.69. The maximum atomic E-state index is 14.6. The highest BCUT2D eigenvalue weighted by molar-refractivity contribution is 7.90. The Labute approximate surface area is 152 Å². The molecule has 3 rings (SSSR count). The number of hydrogen-bond donors (Lipinski definition) is 0. The number of nitriles is 1. The Bertz CT molecular complexity index is 1180. The number of aromatic nitrogens is 1. The molecule has 0 spiro atoms. The van der Waals surface area contributed by atoms with Crippen molar-refractivity contribution in [1.82, 2.24) is 5.16 Å². The lowest BCUT2D eigenvalue weighted by Gasteiger charge is -2.08. The predicted octanol–water partition coefficient (Wildman–Crippen LogP) is 4.03. The minimum atomic E-state index is -3.99. The molecule has 3 aromatic rings. The zero-order valence-electron chi connectivity index (χ0n) is 13.8. The average molecular weight is 392 g/mol. The number of sulfone groups is 1. The van der Waals surface area contributed by atoms with Crippen LogP contribution in [0.4, 0.5) is 13.2 Å². The van der Waals surface area contributed by atoms with E-state index in [4.69, 9.17) is 9.78 Å². The van der Waals surface area contributed by atoms with Gasteiger partial charge in [-0.05, 0) is 24.3 Å². The maximum Gasteiger partial charge on any atom is 0.178 e. The molecule has 0 saturated heterocycles. The van der Waals surface area contributed by atoms with Crippen molar-refractivity contribution < 1.29 is 26.1 Å². The van der Waals surface area contributed by atoms with Crippen LogP contribution in [0.3, 0.4) is 0 Å². The van der Waals surface area contributed by atoms with E-state index < -0.39 is 38.6 Å². The Hall–Kier alpha value is -3.12. The van der Waals surface area contributed by atoms with Gasteiger partial charge in [0.1, 0.15) is 22.2 Å². The third-order valence-electron chi connectivity index (χ3n) is 3.84. The molecule has 2 aromatic carbocycles. The Kier molecular flexibility index (Phi) is 4.76. The Morgan fingerprint density at radius 3 is 2.56 bits per heavy atom. The van der Waals surface area contributed by atoms with Gasteiger partial charge in [-0.25, -0.2) is 21.6 Å². The van der Waals surface area contributed by atoms with Crippen LogP contribution >= 0.6 is 0 Å². The first-order valence-corrected chi connectivity index (χ1v) is 9.40. The van der Waals surface area contributed by atoms with Crippen LogP contribution in [-0.2, 0) is 16.5 Å². The SMILES string of the molecule is CS(=O)(=O)c1cc(F)c(-c2c(-c3cccc(C#N)c3)noc2CF)cc1F. The first kappa shape index (κ1) is 18.7. The topological polar surface area (TPSA) is 84.0 Å². The minimum Gasteiger partial charge on any atom is -0.357 e. The van der Waals surface area contributed by atoms with Gasteiger partial charge in [-0.1, -0.05) is 17.3 Å². The lowest BCUT2D eigenvalue weighted by atomic mass is 9.98. The lowest BCUT2D eigenvalue weighted by Crippen LogP contribution is -2.03. The lowest BCUT2D eigenvalue weighted by molar-refractivity contribution is 0.332. The summed E-state index contributed by atoms with van der Waals surface area (Å²) in [7, 11) is -3.99. The number of hydrogen-bond acceptors (Lipinski definition) is 5. The molecule has 1 aromatic heterocycles. The minimum absolute atomic E-state index is 0.00477. The van der Waals surface area contributed by atoms with E-state index in [0.29, 0.717) is 17.7 Å². The molecule has 0 N–H and O–H groups in total. The molecule has 0 amide bonds. The van der Waals surface area contributed by atoms with Gasteiger partial charge in [-0.15, -0.1) is 0 Å². The van der Waals surface area contributed by atoms with E-state index in [1.54, 1.807) is 12.1 Å². The van der Waals surface area contributed by atoms with E-state index >= 15 is 0 Å². The fraction of sp³-hybridized carbons (Fsp3) is 0.111. The fourth-order valence-corrected chi connectivity index (χ4v) is 3.36. The van der Waals surface area contributed by atoms with E-state index in [-0.39, 0.29) is 22.6 Å². The number of benzene rings is 2. The van der Waals surface area contributed by atoms with Crippen molar-refractivity contribution in [3.05, 3.63) is 59.4 Å². The van der Waals surface area contributed by atoms with Crippen molar-refractivity contribution in [3.8, 4) is 28.5 Å². The molecule has 0 saturated carbocycles. The number of nitrogens with zero attached hydrogens (tertiary/aromatic N) is 2.